The summed E-state index contributed by atoms with van der Waals surface area (Å²) in [5.41, 5.74) is 2.90. The molecule has 186 valence electrons. The average molecular weight is 495 g/mol. The summed E-state index contributed by atoms with van der Waals surface area (Å²) in [6.45, 7) is 4.12. The van der Waals surface area contributed by atoms with E-state index in [1.165, 1.54) is 0 Å². The number of nitrogens with zero attached hydrogens (tertiary/aromatic N) is 1. The molecule has 5 aromatic rings. The van der Waals surface area contributed by atoms with Crippen LogP contribution in [0.4, 0.5) is 5.69 Å². The number of benzene rings is 4. The molecule has 0 aliphatic heterocycles. The van der Waals surface area contributed by atoms with E-state index in [-0.39, 0.29) is 0 Å². The van der Waals surface area contributed by atoms with E-state index in [1.807, 2.05) is 61.5 Å². The molecule has 1 heterocycles. The van der Waals surface area contributed by atoms with E-state index in [0.717, 1.165) is 10.9 Å². The van der Waals surface area contributed by atoms with Gasteiger partial charge in [-0.25, -0.2) is 9.78 Å². The lowest BCUT2D eigenvalue weighted by Gasteiger charge is -2.18. The fraction of sp³-hybridized carbons (Fsp3) is 0.167. The zero-order chi connectivity index (χ0) is 25.8. The van der Waals surface area contributed by atoms with Crippen molar-refractivity contribution in [3.8, 4) is 17.2 Å². The molecule has 37 heavy (non-hydrogen) atoms. The van der Waals surface area contributed by atoms with Gasteiger partial charge in [-0.2, -0.15) is 0 Å². The van der Waals surface area contributed by atoms with Gasteiger partial charge in [0, 0.05) is 10.9 Å². The van der Waals surface area contributed by atoms with E-state index in [1.54, 1.807) is 37.3 Å². The number of esters is 1. The molecule has 0 spiro atoms. The van der Waals surface area contributed by atoms with E-state index in [0.29, 0.717) is 52.5 Å². The summed E-state index contributed by atoms with van der Waals surface area (Å²) < 4.78 is 17.3. The van der Waals surface area contributed by atoms with Crippen LogP contribution in [-0.2, 0) is 9.53 Å². The lowest BCUT2D eigenvalue weighted by Crippen LogP contribution is -2.32. The highest BCUT2D eigenvalue weighted by molar-refractivity contribution is 6.11. The standard InChI is InChI=1S/C30H26N2O5/c1-3-24(28(33)31-22-15-5-7-17-25(22)35-4-2)37-30(34)21-14-10-12-19-11-9-13-20(27(19)21)29-32-23-16-6-8-18-26(23)36-29/h5-18,24H,3-4H2,1-2H3,(H,31,33). The number of para-hydroxylation sites is 4. The summed E-state index contributed by atoms with van der Waals surface area (Å²) in [5, 5.41) is 4.31. The Bertz CT molecular complexity index is 1550. The van der Waals surface area contributed by atoms with Crippen LogP contribution in [0, 0.1) is 0 Å². The number of aromatic nitrogens is 1. The van der Waals surface area contributed by atoms with Crippen molar-refractivity contribution in [3.05, 3.63) is 90.5 Å². The molecule has 1 atom stereocenters. The zero-order valence-corrected chi connectivity index (χ0v) is 20.6. The first-order valence-electron chi connectivity index (χ1n) is 12.2. The zero-order valence-electron chi connectivity index (χ0n) is 20.6. The molecule has 7 nitrogen and oxygen atoms in total. The Balaban J connectivity index is 1.45. The molecule has 5 rings (SSSR count). The van der Waals surface area contributed by atoms with E-state index >= 15 is 0 Å². The molecule has 1 amide bonds. The smallest absolute Gasteiger partial charge is 0.339 e. The van der Waals surface area contributed by atoms with Crippen molar-refractivity contribution in [1.82, 2.24) is 4.98 Å². The molecule has 1 aromatic heterocycles. The third kappa shape index (κ3) is 4.89. The topological polar surface area (TPSA) is 90.7 Å². The van der Waals surface area contributed by atoms with Gasteiger partial charge in [-0.05, 0) is 55.1 Å². The predicted octanol–water partition coefficient (Wildman–Crippen LogP) is 6.62. The molecule has 0 fully saturated rings. The molecule has 0 bridgehead atoms. The van der Waals surface area contributed by atoms with Crippen molar-refractivity contribution in [2.45, 2.75) is 26.4 Å². The number of hydrogen-bond donors (Lipinski definition) is 1. The molecule has 0 aliphatic rings. The second-order valence-corrected chi connectivity index (χ2v) is 8.42. The van der Waals surface area contributed by atoms with Crippen molar-refractivity contribution >= 4 is 39.4 Å². The lowest BCUT2D eigenvalue weighted by molar-refractivity contribution is -0.124. The van der Waals surface area contributed by atoms with Crippen molar-refractivity contribution in [2.75, 3.05) is 11.9 Å². The van der Waals surface area contributed by atoms with Crippen LogP contribution in [0.25, 0.3) is 33.3 Å². The first-order chi connectivity index (χ1) is 18.1. The minimum Gasteiger partial charge on any atom is -0.492 e. The summed E-state index contributed by atoms with van der Waals surface area (Å²) >= 11 is 0. The van der Waals surface area contributed by atoms with Crippen molar-refractivity contribution in [3.63, 3.8) is 0 Å². The van der Waals surface area contributed by atoms with E-state index in [9.17, 15) is 9.59 Å². The number of hydrogen-bond acceptors (Lipinski definition) is 6. The molecule has 0 saturated carbocycles. The van der Waals surface area contributed by atoms with Gasteiger partial charge < -0.3 is 19.2 Å². The number of anilines is 1. The number of rotatable bonds is 8. The predicted molar refractivity (Wildman–Crippen MR) is 143 cm³/mol. The molecule has 0 radical (unpaired) electrons. The third-order valence-corrected chi connectivity index (χ3v) is 6.01. The number of fused-ring (bicyclic) bond motifs is 2. The monoisotopic (exact) mass is 494 g/mol. The Morgan fingerprint density at radius 2 is 1.68 bits per heavy atom. The fourth-order valence-corrected chi connectivity index (χ4v) is 4.26. The van der Waals surface area contributed by atoms with Crippen LogP contribution in [0.3, 0.4) is 0 Å². The second kappa shape index (κ2) is 10.5. The Labute approximate surface area is 214 Å². The van der Waals surface area contributed by atoms with Crippen molar-refractivity contribution < 1.29 is 23.5 Å². The van der Waals surface area contributed by atoms with Crippen LogP contribution >= 0.6 is 0 Å². The Morgan fingerprint density at radius 1 is 0.919 bits per heavy atom. The summed E-state index contributed by atoms with van der Waals surface area (Å²) in [7, 11) is 0. The molecule has 0 aliphatic carbocycles. The van der Waals surface area contributed by atoms with Gasteiger partial charge in [-0.15, -0.1) is 0 Å². The van der Waals surface area contributed by atoms with Crippen LogP contribution in [-0.4, -0.2) is 29.6 Å². The third-order valence-electron chi connectivity index (χ3n) is 6.01. The molecule has 7 heteroatoms. The largest absolute Gasteiger partial charge is 0.492 e. The van der Waals surface area contributed by atoms with E-state index in [2.05, 4.69) is 10.3 Å². The van der Waals surface area contributed by atoms with Crippen molar-refractivity contribution in [1.29, 1.82) is 0 Å². The van der Waals surface area contributed by atoms with Gasteiger partial charge in [0.05, 0.1) is 17.9 Å². The first kappa shape index (κ1) is 24.1. The minimum atomic E-state index is -0.992. The van der Waals surface area contributed by atoms with Crippen molar-refractivity contribution in [2.24, 2.45) is 0 Å². The summed E-state index contributed by atoms with van der Waals surface area (Å²) in [5.74, 6) is -0.0717. The average Bonchev–Trinajstić information content (AvgIpc) is 3.36. The minimum absolute atomic E-state index is 0.303. The highest BCUT2D eigenvalue weighted by Crippen LogP contribution is 2.33. The summed E-state index contributed by atoms with van der Waals surface area (Å²) in [6.07, 6.45) is -0.689. The molecule has 1 unspecified atom stereocenters. The van der Waals surface area contributed by atoms with Gasteiger partial charge in [0.15, 0.2) is 11.7 Å². The van der Waals surface area contributed by atoms with Crippen LogP contribution in [0.5, 0.6) is 5.75 Å². The van der Waals surface area contributed by atoms with Gasteiger partial charge in [0.2, 0.25) is 5.89 Å². The highest BCUT2D eigenvalue weighted by Gasteiger charge is 2.25. The number of ether oxygens (including phenoxy) is 2. The normalized spacial score (nSPS) is 11.8. The van der Waals surface area contributed by atoms with Gasteiger partial charge in [-0.1, -0.05) is 55.5 Å². The van der Waals surface area contributed by atoms with Gasteiger partial charge >= 0.3 is 5.97 Å². The molecular weight excluding hydrogens is 468 g/mol. The van der Waals surface area contributed by atoms with E-state index < -0.39 is 18.0 Å². The summed E-state index contributed by atoms with van der Waals surface area (Å²) in [4.78, 5) is 31.1. The van der Waals surface area contributed by atoms with E-state index in [4.69, 9.17) is 13.9 Å². The lowest BCUT2D eigenvalue weighted by atomic mass is 9.99. The quantitative estimate of drug-likeness (QED) is 0.244. The molecular formula is C30H26N2O5. The number of nitrogens with one attached hydrogen (secondary N) is 1. The molecule has 0 saturated heterocycles. The van der Waals surface area contributed by atoms with Gasteiger partial charge in [0.1, 0.15) is 11.3 Å². The SMILES string of the molecule is CCOc1ccccc1NC(=O)C(CC)OC(=O)c1cccc2cccc(-c3nc4ccccc4o3)c12. The molecule has 4 aromatic carbocycles. The summed E-state index contributed by atoms with van der Waals surface area (Å²) in [6, 6.07) is 25.7. The number of oxazole rings is 1. The fourth-order valence-electron chi connectivity index (χ4n) is 4.26. The number of carbonyl (C=O) groups excluding carboxylic acids is 2. The Morgan fingerprint density at radius 3 is 2.46 bits per heavy atom. The highest BCUT2D eigenvalue weighted by atomic mass is 16.5. The number of carbonyl (C=O) groups is 2. The second-order valence-electron chi connectivity index (χ2n) is 8.42. The Hall–Kier alpha value is -4.65. The maximum Gasteiger partial charge on any atom is 0.339 e. The number of amides is 1. The molecule has 1 N–H and O–H groups in total. The maximum absolute atomic E-state index is 13.4. The van der Waals surface area contributed by atoms with Crippen LogP contribution in [0.1, 0.15) is 30.6 Å². The van der Waals surface area contributed by atoms with Gasteiger partial charge in [0.25, 0.3) is 5.91 Å². The maximum atomic E-state index is 13.4. The van der Waals surface area contributed by atoms with Crippen LogP contribution in [0.2, 0.25) is 0 Å². The van der Waals surface area contributed by atoms with Crippen LogP contribution in [0.15, 0.2) is 89.3 Å². The van der Waals surface area contributed by atoms with Gasteiger partial charge in [-0.3, -0.25) is 4.79 Å². The Kier molecular flexibility index (Phi) is 6.85. The first-order valence-corrected chi connectivity index (χ1v) is 12.2. The van der Waals surface area contributed by atoms with Crippen LogP contribution < -0.4 is 10.1 Å².